The molecule has 4 nitrogen and oxygen atoms in total. The molecule has 0 bridgehead atoms. The molecule has 0 radical (unpaired) electrons. The van der Waals surface area contributed by atoms with Crippen LogP contribution in [-0.2, 0) is 9.53 Å². The van der Waals surface area contributed by atoms with Gasteiger partial charge in [-0.2, -0.15) is 0 Å². The van der Waals surface area contributed by atoms with E-state index in [1.54, 1.807) is 0 Å². The summed E-state index contributed by atoms with van der Waals surface area (Å²) in [6, 6.07) is 0.582. The smallest absolute Gasteiger partial charge is 0.325 e. The first kappa shape index (κ1) is 18.4. The van der Waals surface area contributed by atoms with Gasteiger partial charge in [-0.05, 0) is 59.7 Å². The van der Waals surface area contributed by atoms with Gasteiger partial charge in [0, 0.05) is 6.04 Å². The van der Waals surface area contributed by atoms with E-state index in [1.807, 2.05) is 14.0 Å². The summed E-state index contributed by atoms with van der Waals surface area (Å²) in [6.07, 6.45) is 2.97. The van der Waals surface area contributed by atoms with Crippen LogP contribution in [0.1, 0.15) is 47.0 Å². The maximum atomic E-state index is 11.7. The molecule has 0 saturated carbocycles. The predicted octanol–water partition coefficient (Wildman–Crippen LogP) is 2.28. The van der Waals surface area contributed by atoms with Crippen molar-refractivity contribution < 1.29 is 9.53 Å². The SMILES string of the molecule is CNC(C)(CCCN(C)C(C)CC(C)C)C(=O)OC. The Morgan fingerprint density at radius 3 is 2.37 bits per heavy atom. The number of nitrogens with one attached hydrogen (secondary N) is 1. The number of ether oxygens (including phenoxy) is 1. The summed E-state index contributed by atoms with van der Waals surface area (Å²) >= 11 is 0. The van der Waals surface area contributed by atoms with Crippen LogP contribution in [0.4, 0.5) is 0 Å². The molecule has 1 N–H and O–H groups in total. The van der Waals surface area contributed by atoms with E-state index < -0.39 is 5.54 Å². The number of esters is 1. The Balaban J connectivity index is 4.16. The monoisotopic (exact) mass is 272 g/mol. The number of likely N-dealkylation sites (N-methyl/N-ethyl adjacent to an activating group) is 1. The lowest BCUT2D eigenvalue weighted by Crippen LogP contribution is -2.48. The van der Waals surface area contributed by atoms with Gasteiger partial charge >= 0.3 is 5.97 Å². The van der Waals surface area contributed by atoms with Crippen LogP contribution in [0.2, 0.25) is 0 Å². The van der Waals surface area contributed by atoms with Crippen molar-refractivity contribution in [3.05, 3.63) is 0 Å². The van der Waals surface area contributed by atoms with Crippen molar-refractivity contribution in [3.63, 3.8) is 0 Å². The van der Waals surface area contributed by atoms with Gasteiger partial charge < -0.3 is 15.0 Å². The Labute approximate surface area is 118 Å². The summed E-state index contributed by atoms with van der Waals surface area (Å²) in [5.41, 5.74) is -0.573. The first-order valence-corrected chi connectivity index (χ1v) is 7.24. The number of methoxy groups -OCH3 is 1. The minimum Gasteiger partial charge on any atom is -0.468 e. The van der Waals surface area contributed by atoms with E-state index in [1.165, 1.54) is 13.5 Å². The molecule has 0 heterocycles. The molecule has 0 aliphatic heterocycles. The average Bonchev–Trinajstić information content (AvgIpc) is 2.36. The van der Waals surface area contributed by atoms with E-state index in [4.69, 9.17) is 4.74 Å². The molecule has 0 aromatic rings. The Bertz CT molecular complexity index is 269. The molecule has 0 aliphatic carbocycles. The molecule has 114 valence electrons. The number of carbonyl (C=O) groups is 1. The summed E-state index contributed by atoms with van der Waals surface area (Å²) in [6.45, 7) is 9.66. The zero-order valence-corrected chi connectivity index (χ0v) is 13.7. The Morgan fingerprint density at radius 2 is 1.95 bits per heavy atom. The molecule has 0 fully saturated rings. The highest BCUT2D eigenvalue weighted by Crippen LogP contribution is 2.16. The molecule has 0 spiro atoms. The van der Waals surface area contributed by atoms with Gasteiger partial charge in [-0.25, -0.2) is 0 Å². The largest absolute Gasteiger partial charge is 0.468 e. The Hall–Kier alpha value is -0.610. The van der Waals surface area contributed by atoms with Crippen LogP contribution >= 0.6 is 0 Å². The molecular formula is C15H32N2O2. The van der Waals surface area contributed by atoms with Gasteiger partial charge in [0.05, 0.1) is 7.11 Å². The van der Waals surface area contributed by atoms with Crippen molar-refractivity contribution in [2.45, 2.75) is 58.5 Å². The average molecular weight is 272 g/mol. The Kier molecular flexibility index (Phi) is 8.26. The van der Waals surface area contributed by atoms with Gasteiger partial charge in [0.15, 0.2) is 0 Å². The molecule has 0 aliphatic rings. The first-order valence-electron chi connectivity index (χ1n) is 7.24. The molecule has 0 saturated heterocycles. The molecule has 2 unspecified atom stereocenters. The molecule has 19 heavy (non-hydrogen) atoms. The van der Waals surface area contributed by atoms with Gasteiger partial charge in [-0.3, -0.25) is 4.79 Å². The van der Waals surface area contributed by atoms with Crippen LogP contribution in [-0.4, -0.2) is 50.2 Å². The summed E-state index contributed by atoms with van der Waals surface area (Å²) in [4.78, 5) is 14.1. The second kappa shape index (κ2) is 8.54. The fourth-order valence-electron chi connectivity index (χ4n) is 2.32. The molecule has 0 amide bonds. The van der Waals surface area contributed by atoms with Crippen LogP contribution in [0.15, 0.2) is 0 Å². The van der Waals surface area contributed by atoms with Gasteiger partial charge in [0.2, 0.25) is 0 Å². The molecule has 4 heteroatoms. The summed E-state index contributed by atoms with van der Waals surface area (Å²) in [5, 5.41) is 3.07. The van der Waals surface area contributed by atoms with E-state index in [0.717, 1.165) is 25.3 Å². The lowest BCUT2D eigenvalue weighted by molar-refractivity contribution is -0.148. The summed E-state index contributed by atoms with van der Waals surface area (Å²) < 4.78 is 4.85. The second-order valence-electron chi connectivity index (χ2n) is 6.14. The summed E-state index contributed by atoms with van der Waals surface area (Å²) in [5.74, 6) is 0.531. The predicted molar refractivity (Wildman–Crippen MR) is 80.3 cm³/mol. The summed E-state index contributed by atoms with van der Waals surface area (Å²) in [7, 11) is 5.40. The quantitative estimate of drug-likeness (QED) is 0.654. The maximum absolute atomic E-state index is 11.7. The van der Waals surface area contributed by atoms with Crippen molar-refractivity contribution in [2.24, 2.45) is 5.92 Å². The van der Waals surface area contributed by atoms with Crippen LogP contribution in [0.5, 0.6) is 0 Å². The van der Waals surface area contributed by atoms with Gasteiger partial charge in [0.1, 0.15) is 5.54 Å². The number of hydrogen-bond acceptors (Lipinski definition) is 4. The van der Waals surface area contributed by atoms with E-state index in [-0.39, 0.29) is 5.97 Å². The number of nitrogens with zero attached hydrogens (tertiary/aromatic N) is 1. The zero-order valence-electron chi connectivity index (χ0n) is 13.7. The van der Waals surface area contributed by atoms with Gasteiger partial charge in [-0.1, -0.05) is 13.8 Å². The number of hydrogen-bond donors (Lipinski definition) is 1. The standard InChI is InChI=1S/C15H32N2O2/c1-12(2)11-13(3)17(6)10-8-9-15(4,16-5)14(18)19-7/h12-13,16H,8-11H2,1-7H3. The van der Waals surface area contributed by atoms with Crippen LogP contribution in [0.3, 0.4) is 0 Å². The van der Waals surface area contributed by atoms with E-state index in [2.05, 4.69) is 38.0 Å². The van der Waals surface area contributed by atoms with Crippen molar-refractivity contribution in [2.75, 3.05) is 27.7 Å². The fraction of sp³-hybridized carbons (Fsp3) is 0.933. The molecule has 0 aromatic carbocycles. The van der Waals surface area contributed by atoms with Crippen molar-refractivity contribution in [1.29, 1.82) is 0 Å². The van der Waals surface area contributed by atoms with E-state index >= 15 is 0 Å². The first-order chi connectivity index (χ1) is 8.76. The van der Waals surface area contributed by atoms with Crippen LogP contribution in [0.25, 0.3) is 0 Å². The lowest BCUT2D eigenvalue weighted by Gasteiger charge is -2.29. The number of carbonyl (C=O) groups excluding carboxylic acids is 1. The third-order valence-corrected chi connectivity index (χ3v) is 3.94. The second-order valence-corrected chi connectivity index (χ2v) is 6.14. The molecule has 0 rings (SSSR count). The maximum Gasteiger partial charge on any atom is 0.325 e. The lowest BCUT2D eigenvalue weighted by atomic mass is 9.95. The highest BCUT2D eigenvalue weighted by Gasteiger charge is 2.31. The van der Waals surface area contributed by atoms with Crippen molar-refractivity contribution >= 4 is 5.97 Å². The normalized spacial score (nSPS) is 16.5. The highest BCUT2D eigenvalue weighted by atomic mass is 16.5. The third-order valence-electron chi connectivity index (χ3n) is 3.94. The number of rotatable bonds is 9. The van der Waals surface area contributed by atoms with Gasteiger partial charge in [-0.15, -0.1) is 0 Å². The highest BCUT2D eigenvalue weighted by molar-refractivity contribution is 5.80. The van der Waals surface area contributed by atoms with Crippen LogP contribution in [0, 0.1) is 5.92 Å². The van der Waals surface area contributed by atoms with E-state index in [9.17, 15) is 4.79 Å². The Morgan fingerprint density at radius 1 is 1.37 bits per heavy atom. The zero-order chi connectivity index (χ0) is 15.1. The van der Waals surface area contributed by atoms with Crippen molar-refractivity contribution in [3.8, 4) is 0 Å². The minimum atomic E-state index is -0.573. The van der Waals surface area contributed by atoms with Gasteiger partial charge in [0.25, 0.3) is 0 Å². The molecule has 2 atom stereocenters. The van der Waals surface area contributed by atoms with Crippen molar-refractivity contribution in [1.82, 2.24) is 10.2 Å². The fourth-order valence-corrected chi connectivity index (χ4v) is 2.32. The molecular weight excluding hydrogens is 240 g/mol. The van der Waals surface area contributed by atoms with E-state index in [0.29, 0.717) is 6.04 Å². The van der Waals surface area contributed by atoms with Crippen LogP contribution < -0.4 is 5.32 Å². The molecule has 0 aromatic heterocycles. The topological polar surface area (TPSA) is 41.6 Å². The third kappa shape index (κ3) is 6.39. The minimum absolute atomic E-state index is 0.187.